The maximum atomic E-state index is 13.4. The summed E-state index contributed by atoms with van der Waals surface area (Å²) >= 11 is 6.16. The van der Waals surface area contributed by atoms with Crippen LogP contribution in [0.3, 0.4) is 0 Å². The van der Waals surface area contributed by atoms with Gasteiger partial charge in [0.25, 0.3) is 17.7 Å². The monoisotopic (exact) mass is 509 g/mol. The molecule has 0 atom stereocenters. The number of nitrogens with one attached hydrogen (secondary N) is 2. The number of carbonyl (C=O) groups excluding carboxylic acids is 3. The lowest BCUT2D eigenvalue weighted by molar-refractivity contribution is -0.127. The number of aromatic nitrogens is 2. The predicted octanol–water partition coefficient (Wildman–Crippen LogP) is 3.39. The Hall–Kier alpha value is -3.08. The first kappa shape index (κ1) is 23.7. The molecule has 3 aliphatic rings. The van der Waals surface area contributed by atoms with Crippen LogP contribution in [0.4, 0.5) is 18.9 Å². The lowest BCUT2D eigenvalue weighted by Crippen LogP contribution is -2.58. The molecular weight excluding hydrogens is 487 g/mol. The molecule has 0 bridgehead atoms. The largest absolute Gasteiger partial charge is 0.348 e. The number of likely N-dealkylation sites (tertiary alicyclic amines) is 1. The van der Waals surface area contributed by atoms with Crippen LogP contribution in [0.5, 0.6) is 0 Å². The highest BCUT2D eigenvalue weighted by Gasteiger charge is 2.50. The first-order valence-electron chi connectivity index (χ1n) is 11.4. The van der Waals surface area contributed by atoms with Gasteiger partial charge < -0.3 is 20.1 Å². The van der Waals surface area contributed by atoms with Crippen LogP contribution in [0.2, 0.25) is 5.02 Å². The number of hydrogen-bond donors (Lipinski definition) is 2. The lowest BCUT2D eigenvalue weighted by Gasteiger charge is -2.38. The number of H-pyrrole nitrogens is 1. The second kappa shape index (κ2) is 8.54. The number of carbonyl (C=O) groups is 3. The summed E-state index contributed by atoms with van der Waals surface area (Å²) in [5, 5.41) is 3.05. The summed E-state index contributed by atoms with van der Waals surface area (Å²) in [7, 11) is 0. The maximum Gasteiger partial charge on any atom is 0.282 e. The second-order valence-electron chi connectivity index (χ2n) is 9.47. The van der Waals surface area contributed by atoms with E-state index in [1.807, 2.05) is 0 Å². The lowest BCUT2D eigenvalue weighted by atomic mass is 9.71. The molecule has 0 radical (unpaired) electrons. The first-order chi connectivity index (χ1) is 16.6. The average molecular weight is 510 g/mol. The number of benzene rings is 1. The summed E-state index contributed by atoms with van der Waals surface area (Å²) < 4.78 is 39.6. The Morgan fingerprint density at radius 1 is 1.17 bits per heavy atom. The zero-order chi connectivity index (χ0) is 25.0. The third kappa shape index (κ3) is 4.26. The molecule has 8 nitrogen and oxygen atoms in total. The van der Waals surface area contributed by atoms with E-state index in [2.05, 4.69) is 15.3 Å². The summed E-state index contributed by atoms with van der Waals surface area (Å²) in [4.78, 5) is 47.6. The van der Waals surface area contributed by atoms with Gasteiger partial charge in [-0.05, 0) is 50.3 Å². The van der Waals surface area contributed by atoms with E-state index in [9.17, 15) is 27.6 Å². The third-order valence-corrected chi connectivity index (χ3v) is 7.49. The van der Waals surface area contributed by atoms with Crippen LogP contribution in [-0.4, -0.2) is 64.2 Å². The molecule has 186 valence electrons. The van der Waals surface area contributed by atoms with Crippen molar-refractivity contribution in [3.8, 4) is 0 Å². The summed E-state index contributed by atoms with van der Waals surface area (Å²) in [5.74, 6) is -4.70. The van der Waals surface area contributed by atoms with Gasteiger partial charge in [0.05, 0.1) is 35.5 Å². The zero-order valence-corrected chi connectivity index (χ0v) is 19.4. The van der Waals surface area contributed by atoms with Gasteiger partial charge in [-0.25, -0.2) is 18.2 Å². The molecule has 1 saturated carbocycles. The van der Waals surface area contributed by atoms with Crippen molar-refractivity contribution in [1.29, 1.82) is 0 Å². The highest BCUT2D eigenvalue weighted by atomic mass is 35.5. The molecule has 1 aromatic heterocycles. The van der Waals surface area contributed by atoms with Crippen molar-refractivity contribution < 1.29 is 27.6 Å². The molecule has 2 aromatic rings. The number of amides is 3. The quantitative estimate of drug-likeness (QED) is 0.660. The summed E-state index contributed by atoms with van der Waals surface area (Å²) in [6.07, 6.45) is 4.05. The van der Waals surface area contributed by atoms with Crippen molar-refractivity contribution in [3.63, 3.8) is 0 Å². The van der Waals surface area contributed by atoms with Crippen LogP contribution in [0.1, 0.15) is 53.1 Å². The second-order valence-corrected chi connectivity index (χ2v) is 9.88. The van der Waals surface area contributed by atoms with Gasteiger partial charge in [-0.15, -0.1) is 0 Å². The van der Waals surface area contributed by atoms with Crippen molar-refractivity contribution in [1.82, 2.24) is 20.2 Å². The van der Waals surface area contributed by atoms with Crippen molar-refractivity contribution in [2.24, 2.45) is 5.41 Å². The van der Waals surface area contributed by atoms with Crippen molar-refractivity contribution in [2.45, 2.75) is 44.1 Å². The Labute approximate surface area is 203 Å². The van der Waals surface area contributed by atoms with E-state index < -0.39 is 42.1 Å². The minimum absolute atomic E-state index is 0.0522. The van der Waals surface area contributed by atoms with Gasteiger partial charge in [-0.3, -0.25) is 14.4 Å². The van der Waals surface area contributed by atoms with Crippen LogP contribution in [0.25, 0.3) is 0 Å². The molecule has 0 unspecified atom stereocenters. The summed E-state index contributed by atoms with van der Waals surface area (Å²) in [5.41, 5.74) is -0.332. The van der Waals surface area contributed by atoms with Crippen LogP contribution in [-0.2, 0) is 4.79 Å². The van der Waals surface area contributed by atoms with Crippen LogP contribution in [0.15, 0.2) is 24.5 Å². The Balaban J connectivity index is 1.20. The van der Waals surface area contributed by atoms with Crippen molar-refractivity contribution in [2.75, 3.05) is 24.5 Å². The minimum Gasteiger partial charge on any atom is -0.348 e. The molecule has 3 amide bonds. The molecule has 35 heavy (non-hydrogen) atoms. The molecule has 2 saturated heterocycles. The molecule has 3 fully saturated rings. The Morgan fingerprint density at radius 2 is 1.89 bits per heavy atom. The van der Waals surface area contributed by atoms with E-state index in [1.54, 1.807) is 4.90 Å². The Bertz CT molecular complexity index is 1190. The van der Waals surface area contributed by atoms with E-state index in [0.717, 1.165) is 4.90 Å². The van der Waals surface area contributed by atoms with Gasteiger partial charge in [-0.1, -0.05) is 11.6 Å². The van der Waals surface area contributed by atoms with E-state index in [1.165, 1.54) is 24.5 Å². The fourth-order valence-electron chi connectivity index (χ4n) is 5.22. The van der Waals surface area contributed by atoms with E-state index in [4.69, 9.17) is 11.6 Å². The topological polar surface area (TPSA) is 98.4 Å². The van der Waals surface area contributed by atoms with Gasteiger partial charge in [0.1, 0.15) is 11.5 Å². The van der Waals surface area contributed by atoms with Crippen LogP contribution in [0, 0.1) is 11.2 Å². The number of rotatable bonds is 4. The Kier molecular flexibility index (Phi) is 5.77. The number of nitrogens with zero attached hydrogens (tertiary/aromatic N) is 3. The molecule has 12 heteroatoms. The predicted molar refractivity (Wildman–Crippen MR) is 120 cm³/mol. The van der Waals surface area contributed by atoms with Crippen LogP contribution >= 0.6 is 11.6 Å². The molecule has 3 heterocycles. The molecule has 1 aromatic carbocycles. The number of halogens is 4. The molecule has 2 N–H and O–H groups in total. The fourth-order valence-corrected chi connectivity index (χ4v) is 5.49. The average Bonchev–Trinajstić information content (AvgIpc) is 3.40. The van der Waals surface area contributed by atoms with Gasteiger partial charge in [0, 0.05) is 12.6 Å². The number of anilines is 1. The SMILES string of the molecule is O=C(N[C@H]1CC[C@@]2(CCN(c3ccc(F)cc3Cl)C2=O)CC1)c1[nH]cnc1C(=O)N1CC(F)(F)C1. The van der Waals surface area contributed by atoms with Gasteiger partial charge in [0.2, 0.25) is 5.91 Å². The minimum atomic E-state index is -2.91. The van der Waals surface area contributed by atoms with E-state index in [-0.39, 0.29) is 28.4 Å². The molecular formula is C23H23ClF3N5O3. The highest BCUT2D eigenvalue weighted by Crippen LogP contribution is 2.47. The summed E-state index contributed by atoms with van der Waals surface area (Å²) in [6.45, 7) is -0.909. The van der Waals surface area contributed by atoms with Crippen molar-refractivity contribution in [3.05, 3.63) is 46.8 Å². The van der Waals surface area contributed by atoms with Gasteiger partial charge in [-0.2, -0.15) is 0 Å². The summed E-state index contributed by atoms with van der Waals surface area (Å²) in [6, 6.07) is 3.74. The van der Waals surface area contributed by atoms with Crippen LogP contribution < -0.4 is 10.2 Å². The standard InChI is InChI=1S/C23H23ClF3N5O3/c24-15-9-13(25)1-2-16(15)32-8-7-22(21(32)35)5-3-14(4-6-22)30-19(33)17-18(29-12-28-17)20(34)31-10-23(26,27)11-31/h1-2,9,12,14H,3-8,10-11H2,(H,28,29)(H,30,33)/t14-,22-. The molecule has 2 aliphatic heterocycles. The highest BCUT2D eigenvalue weighted by molar-refractivity contribution is 6.34. The number of alkyl halides is 2. The van der Waals surface area contributed by atoms with E-state index in [0.29, 0.717) is 44.3 Å². The first-order valence-corrected chi connectivity index (χ1v) is 11.7. The number of imidazole rings is 1. The molecule has 1 aliphatic carbocycles. The number of aromatic amines is 1. The normalized spacial score (nSPS) is 25.6. The van der Waals surface area contributed by atoms with E-state index >= 15 is 0 Å². The third-order valence-electron chi connectivity index (χ3n) is 7.19. The van der Waals surface area contributed by atoms with Gasteiger partial charge >= 0.3 is 0 Å². The molecule has 1 spiro atoms. The van der Waals surface area contributed by atoms with Gasteiger partial charge in [0.15, 0.2) is 5.69 Å². The smallest absolute Gasteiger partial charge is 0.282 e. The molecule has 5 rings (SSSR count). The number of hydrogen-bond acceptors (Lipinski definition) is 4. The fraction of sp³-hybridized carbons (Fsp3) is 0.478. The van der Waals surface area contributed by atoms with Crippen molar-refractivity contribution >= 4 is 35.0 Å². The maximum absolute atomic E-state index is 13.4. The Morgan fingerprint density at radius 3 is 2.54 bits per heavy atom. The zero-order valence-electron chi connectivity index (χ0n) is 18.6.